The van der Waals surface area contributed by atoms with Crippen molar-refractivity contribution in [2.24, 2.45) is 0 Å². The molecule has 0 atom stereocenters. The Balaban J connectivity index is 2.25. The molecular weight excluding hydrogens is 192 g/mol. The smallest absolute Gasteiger partial charge is 0.291 e. The number of rotatable bonds is 3. The number of hydrogen-bond donors (Lipinski definition) is 2. The van der Waals surface area contributed by atoms with E-state index < -0.39 is 0 Å². The Morgan fingerprint density at radius 1 is 1.47 bits per heavy atom. The fourth-order valence-electron chi connectivity index (χ4n) is 1.39. The van der Waals surface area contributed by atoms with Crippen LogP contribution < -0.4 is 5.48 Å². The molecule has 4 heteroatoms. The summed E-state index contributed by atoms with van der Waals surface area (Å²) in [5, 5.41) is 1.01. The number of aromatic amines is 1. The number of benzene rings is 1. The molecule has 2 N–H and O–H groups in total. The van der Waals surface area contributed by atoms with Gasteiger partial charge in [0.25, 0.3) is 5.91 Å². The minimum atomic E-state index is -0.256. The number of carbonyl (C=O) groups is 1. The summed E-state index contributed by atoms with van der Waals surface area (Å²) in [7, 11) is 0. The molecule has 0 spiro atoms. The highest BCUT2D eigenvalue weighted by molar-refractivity contribution is 5.97. The lowest BCUT2D eigenvalue weighted by atomic mass is 10.2. The number of fused-ring (bicyclic) bond motifs is 1. The molecule has 1 aromatic carbocycles. The van der Waals surface area contributed by atoms with Gasteiger partial charge in [-0.3, -0.25) is 9.63 Å². The third-order valence-corrected chi connectivity index (χ3v) is 2.08. The number of hydrogen-bond acceptors (Lipinski definition) is 2. The largest absolute Gasteiger partial charge is 0.350 e. The number of amides is 1. The van der Waals surface area contributed by atoms with Crippen LogP contribution in [-0.2, 0) is 4.84 Å². The Labute approximate surface area is 87.2 Å². The first-order valence-corrected chi connectivity index (χ1v) is 4.81. The van der Waals surface area contributed by atoms with Gasteiger partial charge in [-0.1, -0.05) is 18.2 Å². The van der Waals surface area contributed by atoms with Gasteiger partial charge in [-0.05, 0) is 19.1 Å². The van der Waals surface area contributed by atoms with Crippen LogP contribution >= 0.6 is 0 Å². The summed E-state index contributed by atoms with van der Waals surface area (Å²) in [6, 6.07) is 9.52. The van der Waals surface area contributed by atoms with Crippen LogP contribution in [0.2, 0.25) is 0 Å². The van der Waals surface area contributed by atoms with E-state index in [1.807, 2.05) is 31.2 Å². The highest BCUT2D eigenvalue weighted by Crippen LogP contribution is 2.14. The minimum absolute atomic E-state index is 0.256. The maximum absolute atomic E-state index is 11.5. The Morgan fingerprint density at radius 2 is 2.27 bits per heavy atom. The second-order valence-corrected chi connectivity index (χ2v) is 3.13. The monoisotopic (exact) mass is 204 g/mol. The van der Waals surface area contributed by atoms with Crippen molar-refractivity contribution in [3.63, 3.8) is 0 Å². The molecule has 2 rings (SSSR count). The molecule has 0 saturated heterocycles. The van der Waals surface area contributed by atoms with Crippen molar-refractivity contribution in [1.82, 2.24) is 10.5 Å². The molecule has 1 aromatic heterocycles. The standard InChI is InChI=1S/C11H12N2O2/c1-2-15-13-11(14)10-7-8-5-3-4-6-9(8)12-10/h3-7,12H,2H2,1H3,(H,13,14). The molecule has 0 radical (unpaired) electrons. The third kappa shape index (κ3) is 1.99. The number of hydroxylamine groups is 1. The molecule has 0 unspecified atom stereocenters. The summed E-state index contributed by atoms with van der Waals surface area (Å²) in [4.78, 5) is 19.3. The van der Waals surface area contributed by atoms with Gasteiger partial charge in [-0.15, -0.1) is 0 Å². The van der Waals surface area contributed by atoms with Gasteiger partial charge in [0.15, 0.2) is 0 Å². The summed E-state index contributed by atoms with van der Waals surface area (Å²) in [5.41, 5.74) is 3.79. The van der Waals surface area contributed by atoms with Crippen LogP contribution in [0.4, 0.5) is 0 Å². The van der Waals surface area contributed by atoms with Crippen molar-refractivity contribution in [2.45, 2.75) is 6.92 Å². The molecule has 0 aliphatic heterocycles. The SMILES string of the molecule is CCONC(=O)c1cc2ccccc2[nH]1. The van der Waals surface area contributed by atoms with Gasteiger partial charge < -0.3 is 4.98 Å². The maximum Gasteiger partial charge on any atom is 0.291 e. The fraction of sp³-hybridized carbons (Fsp3) is 0.182. The Bertz CT molecular complexity index is 443. The van der Waals surface area contributed by atoms with Crippen molar-refractivity contribution < 1.29 is 9.63 Å². The zero-order valence-electron chi connectivity index (χ0n) is 8.41. The quantitative estimate of drug-likeness (QED) is 0.749. The van der Waals surface area contributed by atoms with Crippen LogP contribution in [0.1, 0.15) is 17.4 Å². The number of aromatic nitrogens is 1. The minimum Gasteiger partial charge on any atom is -0.350 e. The zero-order chi connectivity index (χ0) is 10.7. The second kappa shape index (κ2) is 4.14. The van der Waals surface area contributed by atoms with E-state index in [9.17, 15) is 4.79 Å². The van der Waals surface area contributed by atoms with E-state index in [-0.39, 0.29) is 5.91 Å². The van der Waals surface area contributed by atoms with Gasteiger partial charge in [0.1, 0.15) is 5.69 Å². The highest BCUT2D eigenvalue weighted by Gasteiger charge is 2.08. The lowest BCUT2D eigenvalue weighted by molar-refractivity contribution is 0.0360. The predicted octanol–water partition coefficient (Wildman–Crippen LogP) is 1.85. The first-order valence-electron chi connectivity index (χ1n) is 4.81. The van der Waals surface area contributed by atoms with Crippen LogP contribution in [0.25, 0.3) is 10.9 Å². The molecule has 78 valence electrons. The summed E-state index contributed by atoms with van der Waals surface area (Å²) in [5.74, 6) is -0.256. The van der Waals surface area contributed by atoms with E-state index in [0.717, 1.165) is 10.9 Å². The van der Waals surface area contributed by atoms with Crippen molar-refractivity contribution in [1.29, 1.82) is 0 Å². The summed E-state index contributed by atoms with van der Waals surface area (Å²) in [6.07, 6.45) is 0. The predicted molar refractivity (Wildman–Crippen MR) is 57.4 cm³/mol. The third-order valence-electron chi connectivity index (χ3n) is 2.08. The topological polar surface area (TPSA) is 54.1 Å². The lowest BCUT2D eigenvalue weighted by Gasteiger charge is -2.00. The Kier molecular flexibility index (Phi) is 2.69. The second-order valence-electron chi connectivity index (χ2n) is 3.13. The molecule has 1 heterocycles. The molecule has 15 heavy (non-hydrogen) atoms. The molecule has 2 aromatic rings. The maximum atomic E-state index is 11.5. The van der Waals surface area contributed by atoms with Crippen LogP contribution in [0.15, 0.2) is 30.3 Å². The van der Waals surface area contributed by atoms with Crippen LogP contribution in [0.5, 0.6) is 0 Å². The average Bonchev–Trinajstić information content (AvgIpc) is 2.69. The van der Waals surface area contributed by atoms with E-state index in [0.29, 0.717) is 12.3 Å². The first-order chi connectivity index (χ1) is 7.31. The Hall–Kier alpha value is -1.81. The van der Waals surface area contributed by atoms with E-state index in [1.165, 1.54) is 0 Å². The molecule has 4 nitrogen and oxygen atoms in total. The van der Waals surface area contributed by atoms with Crippen LogP contribution in [-0.4, -0.2) is 17.5 Å². The van der Waals surface area contributed by atoms with E-state index in [2.05, 4.69) is 10.5 Å². The lowest BCUT2D eigenvalue weighted by Crippen LogP contribution is -2.23. The fourth-order valence-corrected chi connectivity index (χ4v) is 1.39. The average molecular weight is 204 g/mol. The number of carbonyl (C=O) groups excluding carboxylic acids is 1. The van der Waals surface area contributed by atoms with Gasteiger partial charge in [-0.2, -0.15) is 0 Å². The number of nitrogens with one attached hydrogen (secondary N) is 2. The molecule has 0 saturated carbocycles. The highest BCUT2D eigenvalue weighted by atomic mass is 16.6. The molecule has 0 bridgehead atoms. The molecule has 0 aliphatic carbocycles. The van der Waals surface area contributed by atoms with Crippen molar-refractivity contribution in [3.8, 4) is 0 Å². The number of H-pyrrole nitrogens is 1. The molecule has 0 aliphatic rings. The molecular formula is C11H12N2O2. The van der Waals surface area contributed by atoms with Crippen molar-refractivity contribution in [2.75, 3.05) is 6.61 Å². The van der Waals surface area contributed by atoms with E-state index in [4.69, 9.17) is 4.84 Å². The Morgan fingerprint density at radius 3 is 3.00 bits per heavy atom. The normalized spacial score (nSPS) is 10.5. The zero-order valence-corrected chi connectivity index (χ0v) is 8.41. The van der Waals surface area contributed by atoms with E-state index in [1.54, 1.807) is 6.07 Å². The van der Waals surface area contributed by atoms with Gasteiger partial charge in [0.2, 0.25) is 0 Å². The van der Waals surface area contributed by atoms with Gasteiger partial charge in [0.05, 0.1) is 6.61 Å². The van der Waals surface area contributed by atoms with E-state index >= 15 is 0 Å². The first kappa shape index (κ1) is 9.73. The van der Waals surface area contributed by atoms with Gasteiger partial charge in [0, 0.05) is 10.9 Å². The molecule has 1 amide bonds. The summed E-state index contributed by atoms with van der Waals surface area (Å²) >= 11 is 0. The molecule has 0 fully saturated rings. The summed E-state index contributed by atoms with van der Waals surface area (Å²) < 4.78 is 0. The van der Waals surface area contributed by atoms with Crippen molar-refractivity contribution in [3.05, 3.63) is 36.0 Å². The van der Waals surface area contributed by atoms with Crippen molar-refractivity contribution >= 4 is 16.8 Å². The van der Waals surface area contributed by atoms with Gasteiger partial charge >= 0.3 is 0 Å². The summed E-state index contributed by atoms with van der Waals surface area (Å²) in [6.45, 7) is 2.26. The number of para-hydroxylation sites is 1. The van der Waals surface area contributed by atoms with Crippen LogP contribution in [0, 0.1) is 0 Å². The van der Waals surface area contributed by atoms with Crippen LogP contribution in [0.3, 0.4) is 0 Å². The van der Waals surface area contributed by atoms with Gasteiger partial charge in [-0.25, -0.2) is 5.48 Å².